The number of hydrogen-bond donors (Lipinski definition) is 0. The van der Waals surface area contributed by atoms with Crippen molar-refractivity contribution < 1.29 is 0 Å². The van der Waals surface area contributed by atoms with Gasteiger partial charge in [0, 0.05) is 16.1 Å². The highest BCUT2D eigenvalue weighted by Crippen LogP contribution is 2.36. The van der Waals surface area contributed by atoms with E-state index in [4.69, 9.17) is 23.2 Å². The van der Waals surface area contributed by atoms with Gasteiger partial charge in [-0.05, 0) is 6.08 Å². The van der Waals surface area contributed by atoms with Crippen LogP contribution in [0.2, 0.25) is 0 Å². The summed E-state index contributed by atoms with van der Waals surface area (Å²) in [5.74, 6) is 0. The molecule has 0 bridgehead atoms. The fraction of sp³-hybridized carbons (Fsp3) is 0.571. The number of nitrogens with zero attached hydrogens (tertiary/aromatic N) is 1. The van der Waals surface area contributed by atoms with Crippen LogP contribution >= 0.6 is 55.1 Å². The number of dihydropyridines is 1. The van der Waals surface area contributed by atoms with E-state index in [1.165, 1.54) is 0 Å². The fourth-order valence-corrected chi connectivity index (χ4v) is 3.68. The largest absolute Gasteiger partial charge is 0.253 e. The summed E-state index contributed by atoms with van der Waals surface area (Å²) in [6.45, 7) is 0. The van der Waals surface area contributed by atoms with Crippen molar-refractivity contribution in [1.29, 1.82) is 0 Å². The first-order valence-electron chi connectivity index (χ1n) is 3.33. The topological polar surface area (TPSA) is 12.4 Å². The molecular formula is C7H7Br2Cl2N. The smallest absolute Gasteiger partial charge is 0.136 e. The van der Waals surface area contributed by atoms with Crippen LogP contribution in [0.15, 0.2) is 17.1 Å². The summed E-state index contributed by atoms with van der Waals surface area (Å²) >= 11 is 18.6. The molecule has 0 saturated carbocycles. The van der Waals surface area contributed by atoms with E-state index in [0.29, 0.717) is 5.17 Å². The molecule has 1 heterocycles. The van der Waals surface area contributed by atoms with Gasteiger partial charge in [0.15, 0.2) is 0 Å². The highest BCUT2D eigenvalue weighted by atomic mass is 79.9. The Kier molecular flexibility index (Phi) is 4.09. The molecule has 0 aliphatic carbocycles. The van der Waals surface area contributed by atoms with Crippen molar-refractivity contribution in [2.75, 3.05) is 10.7 Å². The summed E-state index contributed by atoms with van der Waals surface area (Å²) in [5, 5.41) is 2.00. The lowest BCUT2D eigenvalue weighted by Gasteiger charge is -2.31. The van der Waals surface area contributed by atoms with Crippen molar-refractivity contribution in [2.45, 2.75) is 5.50 Å². The third kappa shape index (κ3) is 2.06. The van der Waals surface area contributed by atoms with Crippen LogP contribution < -0.4 is 0 Å². The van der Waals surface area contributed by atoms with Gasteiger partial charge in [-0.25, -0.2) is 0 Å². The van der Waals surface area contributed by atoms with E-state index >= 15 is 0 Å². The minimum Gasteiger partial charge on any atom is -0.253 e. The molecule has 1 unspecified atom stereocenters. The van der Waals surface area contributed by atoms with Gasteiger partial charge >= 0.3 is 0 Å². The van der Waals surface area contributed by atoms with Crippen LogP contribution in [-0.4, -0.2) is 21.3 Å². The maximum absolute atomic E-state index is 6.05. The second-order valence-corrected chi connectivity index (χ2v) is 4.54. The molecule has 5 heteroatoms. The van der Waals surface area contributed by atoms with Crippen molar-refractivity contribution in [1.82, 2.24) is 0 Å². The minimum atomic E-state index is -0.297. The van der Waals surface area contributed by atoms with Crippen molar-refractivity contribution in [3.05, 3.63) is 12.2 Å². The van der Waals surface area contributed by atoms with E-state index in [9.17, 15) is 0 Å². The lowest BCUT2D eigenvalue weighted by Crippen LogP contribution is -2.34. The molecule has 0 aromatic rings. The number of halogens is 4. The third-order valence-electron chi connectivity index (χ3n) is 1.76. The van der Waals surface area contributed by atoms with Crippen LogP contribution in [0.4, 0.5) is 0 Å². The number of alkyl halides is 3. The van der Waals surface area contributed by atoms with Gasteiger partial charge in [-0.3, -0.25) is 4.99 Å². The highest BCUT2D eigenvalue weighted by Gasteiger charge is 2.35. The fourth-order valence-electron chi connectivity index (χ4n) is 0.846. The molecule has 0 aromatic carbocycles. The highest BCUT2D eigenvalue weighted by molar-refractivity contribution is 9.09. The zero-order valence-electron chi connectivity index (χ0n) is 6.11. The lowest BCUT2D eigenvalue weighted by molar-refractivity contribution is 0.483. The van der Waals surface area contributed by atoms with Crippen LogP contribution in [0.1, 0.15) is 0 Å². The molecule has 1 atom stereocenters. The molecule has 1 nitrogen and oxygen atoms in total. The monoisotopic (exact) mass is 333 g/mol. The van der Waals surface area contributed by atoms with Crippen LogP contribution in [0, 0.1) is 5.41 Å². The lowest BCUT2D eigenvalue weighted by atomic mass is 9.91. The van der Waals surface area contributed by atoms with Crippen LogP contribution in [0.25, 0.3) is 0 Å². The van der Waals surface area contributed by atoms with Gasteiger partial charge in [0.1, 0.15) is 10.7 Å². The van der Waals surface area contributed by atoms with Gasteiger partial charge < -0.3 is 0 Å². The first-order valence-corrected chi connectivity index (χ1v) is 6.39. The second kappa shape index (κ2) is 4.45. The molecule has 0 N–H and O–H groups in total. The standard InChI is InChI=1S/C7H7Br2Cl2N/c8-3-7(4-9)2-1-5(10)12-6(7)11/h1-2,6H,3-4H2. The van der Waals surface area contributed by atoms with E-state index in [1.807, 2.05) is 6.08 Å². The molecule has 0 radical (unpaired) electrons. The molecule has 1 aliphatic heterocycles. The summed E-state index contributed by atoms with van der Waals surface area (Å²) in [7, 11) is 0. The van der Waals surface area contributed by atoms with Crippen molar-refractivity contribution in [2.24, 2.45) is 10.4 Å². The number of allylic oxidation sites excluding steroid dienone is 1. The first kappa shape index (κ1) is 11.0. The predicted octanol–water partition coefficient (Wildman–Crippen LogP) is 3.53. The van der Waals surface area contributed by atoms with Crippen molar-refractivity contribution in [3.8, 4) is 0 Å². The third-order valence-corrected chi connectivity index (χ3v) is 4.61. The first-order chi connectivity index (χ1) is 5.64. The van der Waals surface area contributed by atoms with Crippen molar-refractivity contribution >= 4 is 60.2 Å². The van der Waals surface area contributed by atoms with Gasteiger partial charge in [-0.1, -0.05) is 61.1 Å². The average Bonchev–Trinajstić information content (AvgIpc) is 2.06. The number of hydrogen-bond acceptors (Lipinski definition) is 1. The summed E-state index contributed by atoms with van der Waals surface area (Å²) in [5.41, 5.74) is -0.450. The maximum atomic E-state index is 6.05. The van der Waals surface area contributed by atoms with E-state index in [2.05, 4.69) is 36.9 Å². The zero-order chi connectivity index (χ0) is 9.19. The molecule has 0 aromatic heterocycles. The molecule has 0 amide bonds. The van der Waals surface area contributed by atoms with Crippen molar-refractivity contribution in [3.63, 3.8) is 0 Å². The molecule has 12 heavy (non-hydrogen) atoms. The SMILES string of the molecule is ClC1=NC(Cl)C(CBr)(CBr)C=C1. The van der Waals surface area contributed by atoms with E-state index in [-0.39, 0.29) is 10.9 Å². The molecular weight excluding hydrogens is 329 g/mol. The molecule has 68 valence electrons. The van der Waals surface area contributed by atoms with Crippen LogP contribution in [0.5, 0.6) is 0 Å². The van der Waals surface area contributed by atoms with Crippen LogP contribution in [0.3, 0.4) is 0 Å². The van der Waals surface area contributed by atoms with Gasteiger partial charge in [-0.15, -0.1) is 0 Å². The molecule has 1 aliphatic rings. The van der Waals surface area contributed by atoms with E-state index in [0.717, 1.165) is 10.7 Å². The summed E-state index contributed by atoms with van der Waals surface area (Å²) in [6, 6.07) is 0. The number of rotatable bonds is 2. The van der Waals surface area contributed by atoms with Gasteiger partial charge in [0.2, 0.25) is 0 Å². The van der Waals surface area contributed by atoms with E-state index < -0.39 is 0 Å². The second-order valence-electron chi connectivity index (χ2n) is 2.62. The summed E-state index contributed by atoms with van der Waals surface area (Å²) in [6.07, 6.45) is 3.77. The number of aliphatic imine (C=N–C) groups is 1. The molecule has 0 saturated heterocycles. The Balaban J connectivity index is 2.88. The maximum Gasteiger partial charge on any atom is 0.136 e. The van der Waals surface area contributed by atoms with E-state index in [1.54, 1.807) is 6.08 Å². The normalized spacial score (nSPS) is 27.0. The Morgan fingerprint density at radius 2 is 2.08 bits per heavy atom. The predicted molar refractivity (Wildman–Crippen MR) is 62.1 cm³/mol. The Bertz CT molecular complexity index is 223. The van der Waals surface area contributed by atoms with Gasteiger partial charge in [0.05, 0.1) is 0 Å². The van der Waals surface area contributed by atoms with Gasteiger partial charge in [-0.2, -0.15) is 0 Å². The zero-order valence-corrected chi connectivity index (χ0v) is 10.8. The average molecular weight is 336 g/mol. The molecule has 0 fully saturated rings. The Morgan fingerprint density at radius 1 is 1.50 bits per heavy atom. The van der Waals surface area contributed by atoms with Crippen LogP contribution in [-0.2, 0) is 0 Å². The molecule has 1 rings (SSSR count). The minimum absolute atomic E-state index is 0.153. The van der Waals surface area contributed by atoms with Gasteiger partial charge in [0.25, 0.3) is 0 Å². The summed E-state index contributed by atoms with van der Waals surface area (Å²) < 4.78 is 0. The Hall–Kier alpha value is 0.950. The molecule has 0 spiro atoms. The Labute approximate surface area is 98.5 Å². The Morgan fingerprint density at radius 3 is 2.50 bits per heavy atom. The quantitative estimate of drug-likeness (QED) is 0.541. The summed E-state index contributed by atoms with van der Waals surface area (Å²) in [4.78, 5) is 4.08.